The average molecular weight is 453 g/mol. The minimum Gasteiger partial charge on any atom is -0.466 e. The highest BCUT2D eigenvalue weighted by Crippen LogP contribution is 2.15. The van der Waals surface area contributed by atoms with Crippen molar-refractivity contribution in [3.63, 3.8) is 0 Å². The normalized spacial score (nSPS) is 11.4. The van der Waals surface area contributed by atoms with Crippen molar-refractivity contribution >= 4 is 5.97 Å². The smallest absolute Gasteiger partial charge is 0.305 e. The molecule has 0 atom stereocenters. The standard InChI is InChI=1S/C30H60O2/c1-4-5-6-7-22-25-28-32-30(31)27-24-21-19-17-15-13-11-9-8-10-12-14-16-18-20-23-26-29(2)3/h29H,4-28H2,1-3H3. The van der Waals surface area contributed by atoms with E-state index in [1.807, 2.05) is 0 Å². The van der Waals surface area contributed by atoms with Gasteiger partial charge in [-0.05, 0) is 18.8 Å². The van der Waals surface area contributed by atoms with Crippen LogP contribution in [-0.2, 0) is 9.53 Å². The quantitative estimate of drug-likeness (QED) is 0.0963. The molecule has 0 N–H and O–H groups in total. The summed E-state index contributed by atoms with van der Waals surface area (Å²) in [6.07, 6.45) is 31.5. The predicted octanol–water partition coefficient (Wildman–Crippen LogP) is 10.6. The third-order valence-corrected chi connectivity index (χ3v) is 6.67. The summed E-state index contributed by atoms with van der Waals surface area (Å²) in [5.41, 5.74) is 0. The molecule has 0 aliphatic rings. The summed E-state index contributed by atoms with van der Waals surface area (Å²) in [6.45, 7) is 7.53. The molecule has 0 bridgehead atoms. The van der Waals surface area contributed by atoms with Gasteiger partial charge < -0.3 is 4.74 Å². The van der Waals surface area contributed by atoms with Gasteiger partial charge in [0.2, 0.25) is 0 Å². The van der Waals surface area contributed by atoms with E-state index in [1.165, 1.54) is 135 Å². The molecule has 2 nitrogen and oxygen atoms in total. The molecule has 0 saturated heterocycles. The van der Waals surface area contributed by atoms with Gasteiger partial charge in [-0.15, -0.1) is 0 Å². The van der Waals surface area contributed by atoms with Crippen LogP contribution in [-0.4, -0.2) is 12.6 Å². The summed E-state index contributed by atoms with van der Waals surface area (Å²) in [5, 5.41) is 0. The van der Waals surface area contributed by atoms with Crippen molar-refractivity contribution in [1.82, 2.24) is 0 Å². The van der Waals surface area contributed by atoms with E-state index < -0.39 is 0 Å². The fraction of sp³-hybridized carbons (Fsp3) is 0.967. The summed E-state index contributed by atoms with van der Waals surface area (Å²) in [4.78, 5) is 11.7. The summed E-state index contributed by atoms with van der Waals surface area (Å²) in [7, 11) is 0. The van der Waals surface area contributed by atoms with E-state index in [0.717, 1.165) is 18.8 Å². The Morgan fingerprint density at radius 2 is 0.906 bits per heavy atom. The monoisotopic (exact) mass is 452 g/mol. The predicted molar refractivity (Wildman–Crippen MR) is 142 cm³/mol. The zero-order valence-corrected chi connectivity index (χ0v) is 22.6. The number of hydrogen-bond donors (Lipinski definition) is 0. The Morgan fingerprint density at radius 3 is 1.34 bits per heavy atom. The number of hydrogen-bond acceptors (Lipinski definition) is 2. The van der Waals surface area contributed by atoms with E-state index in [-0.39, 0.29) is 5.97 Å². The molecule has 0 aromatic carbocycles. The highest BCUT2D eigenvalue weighted by Gasteiger charge is 2.02. The third-order valence-electron chi connectivity index (χ3n) is 6.67. The van der Waals surface area contributed by atoms with Gasteiger partial charge >= 0.3 is 5.97 Å². The largest absolute Gasteiger partial charge is 0.466 e. The second kappa shape index (κ2) is 26.7. The van der Waals surface area contributed by atoms with Gasteiger partial charge in [0, 0.05) is 6.42 Å². The molecule has 0 fully saturated rings. The maximum Gasteiger partial charge on any atom is 0.305 e. The second-order valence-electron chi connectivity index (χ2n) is 10.6. The fourth-order valence-electron chi connectivity index (χ4n) is 4.44. The van der Waals surface area contributed by atoms with Crippen molar-refractivity contribution in [2.24, 2.45) is 5.92 Å². The van der Waals surface area contributed by atoms with Crippen LogP contribution in [0.2, 0.25) is 0 Å². The highest BCUT2D eigenvalue weighted by atomic mass is 16.5. The first-order valence-electron chi connectivity index (χ1n) is 14.8. The minimum atomic E-state index is 0.0182. The van der Waals surface area contributed by atoms with Crippen LogP contribution in [0.4, 0.5) is 0 Å². The summed E-state index contributed by atoms with van der Waals surface area (Å²) < 4.78 is 5.35. The molecule has 32 heavy (non-hydrogen) atoms. The first kappa shape index (κ1) is 31.5. The van der Waals surface area contributed by atoms with Gasteiger partial charge in [-0.2, -0.15) is 0 Å². The van der Waals surface area contributed by atoms with Crippen LogP contribution >= 0.6 is 0 Å². The summed E-state index contributed by atoms with van der Waals surface area (Å²) in [5.74, 6) is 0.898. The first-order chi connectivity index (χ1) is 15.7. The van der Waals surface area contributed by atoms with Crippen molar-refractivity contribution < 1.29 is 9.53 Å². The van der Waals surface area contributed by atoms with Crippen molar-refractivity contribution in [3.05, 3.63) is 0 Å². The molecule has 2 heteroatoms. The Hall–Kier alpha value is -0.530. The molecule has 0 saturated carbocycles. The fourth-order valence-corrected chi connectivity index (χ4v) is 4.44. The molecule has 0 radical (unpaired) electrons. The zero-order chi connectivity index (χ0) is 23.5. The van der Waals surface area contributed by atoms with Crippen LogP contribution < -0.4 is 0 Å². The van der Waals surface area contributed by atoms with E-state index in [4.69, 9.17) is 4.74 Å². The van der Waals surface area contributed by atoms with Crippen molar-refractivity contribution in [2.75, 3.05) is 6.61 Å². The Labute approximate surface area is 203 Å². The van der Waals surface area contributed by atoms with Crippen molar-refractivity contribution in [1.29, 1.82) is 0 Å². The lowest BCUT2D eigenvalue weighted by Crippen LogP contribution is -2.05. The number of carbonyl (C=O) groups excluding carboxylic acids is 1. The lowest BCUT2D eigenvalue weighted by atomic mass is 10.0. The van der Waals surface area contributed by atoms with E-state index >= 15 is 0 Å². The molecule has 0 spiro atoms. The van der Waals surface area contributed by atoms with Crippen LogP contribution in [0.3, 0.4) is 0 Å². The van der Waals surface area contributed by atoms with Gasteiger partial charge in [-0.1, -0.05) is 156 Å². The maximum atomic E-state index is 11.7. The Balaban J connectivity index is 3.12. The molecule has 0 heterocycles. The number of ether oxygens (including phenoxy) is 1. The Kier molecular flexibility index (Phi) is 26.3. The van der Waals surface area contributed by atoms with Gasteiger partial charge in [0.15, 0.2) is 0 Å². The molecule has 0 aliphatic carbocycles. The average Bonchev–Trinajstić information content (AvgIpc) is 2.77. The maximum absolute atomic E-state index is 11.7. The molecular formula is C30H60O2. The minimum absolute atomic E-state index is 0.0182. The Morgan fingerprint density at radius 1 is 0.531 bits per heavy atom. The lowest BCUT2D eigenvalue weighted by molar-refractivity contribution is -0.143. The molecule has 0 aromatic heterocycles. The molecule has 0 rings (SSSR count). The van der Waals surface area contributed by atoms with Gasteiger partial charge in [-0.3, -0.25) is 4.79 Å². The van der Waals surface area contributed by atoms with Crippen molar-refractivity contribution in [3.8, 4) is 0 Å². The summed E-state index contributed by atoms with van der Waals surface area (Å²) >= 11 is 0. The van der Waals surface area contributed by atoms with E-state index in [9.17, 15) is 4.79 Å². The molecule has 0 unspecified atom stereocenters. The molecule has 192 valence electrons. The number of esters is 1. The number of carbonyl (C=O) groups is 1. The SMILES string of the molecule is CCCCCCCCOC(=O)CCCCCCCCCCCCCCCCCCC(C)C. The molecule has 0 amide bonds. The molecule has 0 aromatic rings. The topological polar surface area (TPSA) is 26.3 Å². The number of unbranched alkanes of at least 4 members (excludes halogenated alkanes) is 20. The van der Waals surface area contributed by atoms with Gasteiger partial charge in [0.05, 0.1) is 6.61 Å². The third kappa shape index (κ3) is 27.5. The van der Waals surface area contributed by atoms with Crippen LogP contribution in [0.15, 0.2) is 0 Å². The van der Waals surface area contributed by atoms with E-state index in [1.54, 1.807) is 0 Å². The summed E-state index contributed by atoms with van der Waals surface area (Å²) in [6, 6.07) is 0. The van der Waals surface area contributed by atoms with Crippen molar-refractivity contribution in [2.45, 2.75) is 175 Å². The van der Waals surface area contributed by atoms with Crippen LogP contribution in [0, 0.1) is 5.92 Å². The van der Waals surface area contributed by atoms with E-state index in [2.05, 4.69) is 20.8 Å². The zero-order valence-electron chi connectivity index (χ0n) is 22.6. The van der Waals surface area contributed by atoms with Crippen LogP contribution in [0.5, 0.6) is 0 Å². The molecular weight excluding hydrogens is 392 g/mol. The van der Waals surface area contributed by atoms with E-state index in [0.29, 0.717) is 13.0 Å². The Bertz CT molecular complexity index is 364. The van der Waals surface area contributed by atoms with Gasteiger partial charge in [0.25, 0.3) is 0 Å². The number of rotatable bonds is 26. The lowest BCUT2D eigenvalue weighted by Gasteiger charge is -2.05. The highest BCUT2D eigenvalue weighted by molar-refractivity contribution is 5.69. The van der Waals surface area contributed by atoms with Gasteiger partial charge in [0.1, 0.15) is 0 Å². The van der Waals surface area contributed by atoms with Crippen LogP contribution in [0.1, 0.15) is 175 Å². The van der Waals surface area contributed by atoms with Gasteiger partial charge in [-0.25, -0.2) is 0 Å². The first-order valence-corrected chi connectivity index (χ1v) is 14.8. The molecule has 0 aliphatic heterocycles. The second-order valence-corrected chi connectivity index (χ2v) is 10.6. The van der Waals surface area contributed by atoms with Crippen LogP contribution in [0.25, 0.3) is 0 Å².